The van der Waals surface area contributed by atoms with E-state index in [1.807, 2.05) is 4.98 Å². The van der Waals surface area contributed by atoms with Gasteiger partial charge in [0.05, 0.1) is 5.69 Å². The Balaban J connectivity index is 2.63. The molecule has 106 valence electrons. The van der Waals surface area contributed by atoms with Crippen molar-refractivity contribution in [3.05, 3.63) is 56.9 Å². The van der Waals surface area contributed by atoms with Gasteiger partial charge in [-0.05, 0) is 19.1 Å². The Morgan fingerprint density at radius 1 is 1.05 bits per heavy atom. The summed E-state index contributed by atoms with van der Waals surface area (Å²) in [6.45, 7) is 1.36. The Labute approximate surface area is 115 Å². The third-order valence-corrected chi connectivity index (χ3v) is 4.75. The number of benzene rings is 1. The minimum Gasteiger partial charge on any atom is -0.310 e. The molecule has 0 aliphatic rings. The van der Waals surface area contributed by atoms with Gasteiger partial charge in [0.25, 0.3) is 15.6 Å². The van der Waals surface area contributed by atoms with Crippen molar-refractivity contribution in [3.63, 3.8) is 0 Å². The first-order valence-corrected chi connectivity index (χ1v) is 7.15. The van der Waals surface area contributed by atoms with Crippen LogP contribution in [0.25, 0.3) is 0 Å². The monoisotopic (exact) mass is 295 g/mol. The van der Waals surface area contributed by atoms with Crippen molar-refractivity contribution in [1.29, 1.82) is 0 Å². The van der Waals surface area contributed by atoms with Crippen molar-refractivity contribution in [2.75, 3.05) is 11.4 Å². The van der Waals surface area contributed by atoms with Gasteiger partial charge in [-0.3, -0.25) is 14.1 Å². The highest BCUT2D eigenvalue weighted by Crippen LogP contribution is 2.20. The molecule has 2 rings (SSSR count). The van der Waals surface area contributed by atoms with E-state index in [2.05, 4.69) is 4.98 Å². The standard InChI is InChI=1S/C12H13N3O4S/c1-8-10(11(16)14-12(17)13-8)20(18,19)15(2)9-6-4-3-5-7-9/h3-7H,1-2H3,(H2,13,14,16,17). The van der Waals surface area contributed by atoms with Gasteiger partial charge >= 0.3 is 5.69 Å². The minimum absolute atomic E-state index is 0.00142. The average molecular weight is 295 g/mol. The zero-order valence-electron chi connectivity index (χ0n) is 10.9. The lowest BCUT2D eigenvalue weighted by Crippen LogP contribution is -2.36. The second-order valence-corrected chi connectivity index (χ2v) is 6.08. The van der Waals surface area contributed by atoms with Crippen LogP contribution in [0.15, 0.2) is 44.8 Å². The number of nitrogens with one attached hydrogen (secondary N) is 2. The number of nitrogens with zero attached hydrogens (tertiary/aromatic N) is 1. The lowest BCUT2D eigenvalue weighted by Gasteiger charge is -2.19. The summed E-state index contributed by atoms with van der Waals surface area (Å²) in [7, 11) is -2.71. The molecule has 1 aromatic carbocycles. The molecule has 0 fully saturated rings. The summed E-state index contributed by atoms with van der Waals surface area (Å²) in [6.07, 6.45) is 0. The molecule has 0 atom stereocenters. The fraction of sp³-hybridized carbons (Fsp3) is 0.167. The Bertz CT molecular complexity index is 837. The van der Waals surface area contributed by atoms with Crippen LogP contribution >= 0.6 is 0 Å². The number of hydrogen-bond donors (Lipinski definition) is 2. The maximum Gasteiger partial charge on any atom is 0.325 e. The van der Waals surface area contributed by atoms with Gasteiger partial charge in [-0.15, -0.1) is 0 Å². The first-order chi connectivity index (χ1) is 9.34. The van der Waals surface area contributed by atoms with Crippen molar-refractivity contribution >= 4 is 15.7 Å². The molecule has 0 spiro atoms. The maximum atomic E-state index is 12.5. The normalized spacial score (nSPS) is 11.3. The van der Waals surface area contributed by atoms with Crippen LogP contribution in [-0.4, -0.2) is 25.4 Å². The maximum absolute atomic E-state index is 12.5. The molecule has 2 N–H and O–H groups in total. The topological polar surface area (TPSA) is 103 Å². The van der Waals surface area contributed by atoms with Crippen LogP contribution in [0.1, 0.15) is 5.69 Å². The summed E-state index contributed by atoms with van der Waals surface area (Å²) in [5.74, 6) is 0. The lowest BCUT2D eigenvalue weighted by molar-refractivity contribution is 0.591. The molecule has 7 nitrogen and oxygen atoms in total. The van der Waals surface area contributed by atoms with E-state index < -0.39 is 26.2 Å². The molecule has 0 unspecified atom stereocenters. The largest absolute Gasteiger partial charge is 0.325 e. The minimum atomic E-state index is -4.05. The molecule has 0 aliphatic carbocycles. The van der Waals surface area contributed by atoms with Gasteiger partial charge in [0.1, 0.15) is 0 Å². The van der Waals surface area contributed by atoms with E-state index in [-0.39, 0.29) is 5.69 Å². The summed E-state index contributed by atoms with van der Waals surface area (Å²) >= 11 is 0. The predicted octanol–water partition coefficient (Wildman–Crippen LogP) is 0.197. The van der Waals surface area contributed by atoms with Gasteiger partial charge in [-0.25, -0.2) is 13.2 Å². The summed E-state index contributed by atoms with van der Waals surface area (Å²) in [6, 6.07) is 8.33. The Hall–Kier alpha value is -2.35. The molecule has 0 saturated heterocycles. The van der Waals surface area contributed by atoms with Crippen molar-refractivity contribution in [3.8, 4) is 0 Å². The van der Waals surface area contributed by atoms with Crippen LogP contribution in [0.4, 0.5) is 5.69 Å². The third-order valence-electron chi connectivity index (χ3n) is 2.81. The number of rotatable bonds is 3. The molecule has 2 aromatic rings. The summed E-state index contributed by atoms with van der Waals surface area (Å²) < 4.78 is 25.9. The Kier molecular flexibility index (Phi) is 3.49. The quantitative estimate of drug-likeness (QED) is 0.844. The molecule has 0 radical (unpaired) electrons. The van der Waals surface area contributed by atoms with E-state index in [0.717, 1.165) is 4.31 Å². The highest BCUT2D eigenvalue weighted by Gasteiger charge is 2.27. The molecule has 0 bridgehead atoms. The van der Waals surface area contributed by atoms with Gasteiger partial charge in [-0.2, -0.15) is 0 Å². The number of aromatic amines is 2. The number of para-hydroxylation sites is 1. The Morgan fingerprint density at radius 2 is 1.65 bits per heavy atom. The van der Waals surface area contributed by atoms with E-state index in [9.17, 15) is 18.0 Å². The average Bonchev–Trinajstić information content (AvgIpc) is 2.37. The van der Waals surface area contributed by atoms with Crippen molar-refractivity contribution < 1.29 is 8.42 Å². The highest BCUT2D eigenvalue weighted by molar-refractivity contribution is 7.92. The van der Waals surface area contributed by atoms with Crippen LogP contribution in [-0.2, 0) is 10.0 Å². The second kappa shape index (κ2) is 4.97. The van der Waals surface area contributed by atoms with Crippen LogP contribution in [0.3, 0.4) is 0 Å². The smallest absolute Gasteiger partial charge is 0.310 e. The molecule has 0 amide bonds. The first-order valence-electron chi connectivity index (χ1n) is 5.71. The number of H-pyrrole nitrogens is 2. The number of hydrogen-bond acceptors (Lipinski definition) is 4. The molecule has 0 saturated carbocycles. The van der Waals surface area contributed by atoms with E-state index in [4.69, 9.17) is 0 Å². The van der Waals surface area contributed by atoms with Gasteiger partial charge in [-0.1, -0.05) is 18.2 Å². The predicted molar refractivity (Wildman–Crippen MR) is 74.5 cm³/mol. The van der Waals surface area contributed by atoms with Crippen molar-refractivity contribution in [2.45, 2.75) is 11.8 Å². The first kappa shape index (κ1) is 14.1. The fourth-order valence-corrected chi connectivity index (χ4v) is 3.21. The SMILES string of the molecule is Cc1[nH]c(=O)[nH]c(=O)c1S(=O)(=O)N(C)c1ccccc1. The highest BCUT2D eigenvalue weighted by atomic mass is 32.2. The van der Waals surface area contributed by atoms with Gasteiger partial charge in [0.2, 0.25) is 0 Å². The van der Waals surface area contributed by atoms with Crippen LogP contribution in [0.5, 0.6) is 0 Å². The second-order valence-electron chi connectivity index (χ2n) is 4.17. The molecular formula is C12H13N3O4S. The molecule has 8 heteroatoms. The van der Waals surface area contributed by atoms with Gasteiger partial charge in [0.15, 0.2) is 4.90 Å². The molecule has 20 heavy (non-hydrogen) atoms. The molecule has 0 aliphatic heterocycles. The molecular weight excluding hydrogens is 282 g/mol. The number of anilines is 1. The zero-order chi connectivity index (χ0) is 14.9. The van der Waals surface area contributed by atoms with E-state index in [0.29, 0.717) is 5.69 Å². The van der Waals surface area contributed by atoms with Crippen molar-refractivity contribution in [1.82, 2.24) is 9.97 Å². The van der Waals surface area contributed by atoms with Crippen molar-refractivity contribution in [2.24, 2.45) is 0 Å². The summed E-state index contributed by atoms with van der Waals surface area (Å²) in [4.78, 5) is 26.6. The van der Waals surface area contributed by atoms with Crippen LogP contribution in [0, 0.1) is 6.92 Å². The van der Waals surface area contributed by atoms with E-state index in [1.54, 1.807) is 30.3 Å². The number of aryl methyl sites for hydroxylation is 1. The van der Waals surface area contributed by atoms with Gasteiger partial charge < -0.3 is 4.98 Å². The van der Waals surface area contributed by atoms with E-state index >= 15 is 0 Å². The van der Waals surface area contributed by atoms with E-state index in [1.165, 1.54) is 14.0 Å². The van der Waals surface area contributed by atoms with Crippen LogP contribution < -0.4 is 15.6 Å². The number of aromatic nitrogens is 2. The summed E-state index contributed by atoms with van der Waals surface area (Å²) in [5, 5.41) is 0. The summed E-state index contributed by atoms with van der Waals surface area (Å²) in [5.41, 5.74) is -1.26. The molecule has 1 aromatic heterocycles. The Morgan fingerprint density at radius 3 is 2.20 bits per heavy atom. The molecule has 1 heterocycles. The van der Waals surface area contributed by atoms with Gasteiger partial charge in [0, 0.05) is 12.7 Å². The fourth-order valence-electron chi connectivity index (χ4n) is 1.81. The van der Waals surface area contributed by atoms with Crippen LogP contribution in [0.2, 0.25) is 0 Å². The lowest BCUT2D eigenvalue weighted by atomic mass is 10.3. The zero-order valence-corrected chi connectivity index (χ0v) is 11.7. The number of sulfonamides is 1. The third kappa shape index (κ3) is 2.37.